The van der Waals surface area contributed by atoms with Crippen LogP contribution in [0.2, 0.25) is 0 Å². The van der Waals surface area contributed by atoms with Crippen molar-refractivity contribution in [1.29, 1.82) is 0 Å². The van der Waals surface area contributed by atoms with Gasteiger partial charge in [-0.15, -0.1) is 0 Å². The number of nitrogens with one attached hydrogen (secondary N) is 1. The number of hydrogen-bond donors (Lipinski definition) is 2. The van der Waals surface area contributed by atoms with Gasteiger partial charge in [0.05, 0.1) is 4.90 Å². The van der Waals surface area contributed by atoms with Crippen molar-refractivity contribution in [1.82, 2.24) is 0 Å². The Balaban J connectivity index is 2.71. The molecular weight excluding hydrogens is 292 g/mol. The smallest absolute Gasteiger partial charge is 0.411 e. The molecule has 3 N–H and O–H groups in total. The third-order valence-corrected chi connectivity index (χ3v) is 3.92. The second kappa shape index (κ2) is 6.91. The number of primary sulfonamides is 1. The Morgan fingerprint density at radius 1 is 1.10 bits per heavy atom. The van der Waals surface area contributed by atoms with Crippen molar-refractivity contribution in [3.8, 4) is 0 Å². The fourth-order valence-corrected chi connectivity index (χ4v) is 2.56. The van der Waals surface area contributed by atoms with E-state index >= 15 is 0 Å². The molecule has 0 bridgehead atoms. The van der Waals surface area contributed by atoms with Gasteiger partial charge in [0.2, 0.25) is 10.0 Å². The Hall–Kier alpha value is -1.60. The molecule has 0 unspecified atom stereocenters. The Morgan fingerprint density at radius 2 is 1.57 bits per heavy atom. The summed E-state index contributed by atoms with van der Waals surface area (Å²) in [5.41, 5.74) is 0.443. The highest BCUT2D eigenvalue weighted by atomic mass is 32.2. The molecule has 0 aliphatic heterocycles. The van der Waals surface area contributed by atoms with Crippen LogP contribution >= 0.6 is 0 Å². The first kappa shape index (κ1) is 17.5. The Kier molecular flexibility index (Phi) is 5.74. The highest BCUT2D eigenvalue weighted by Crippen LogP contribution is 2.18. The topological polar surface area (TPSA) is 98.5 Å². The van der Waals surface area contributed by atoms with Crippen LogP contribution in [0, 0.1) is 11.8 Å². The van der Waals surface area contributed by atoms with Gasteiger partial charge in [0.1, 0.15) is 6.10 Å². The molecule has 0 atom stereocenters. The largest absolute Gasteiger partial charge is 0.445 e. The number of ether oxygens (including phenoxy) is 1. The summed E-state index contributed by atoms with van der Waals surface area (Å²) in [7, 11) is -3.73. The number of sulfonamides is 1. The highest BCUT2D eigenvalue weighted by Gasteiger charge is 2.22. The predicted molar refractivity (Wildman–Crippen MR) is 81.4 cm³/mol. The van der Waals surface area contributed by atoms with Crippen LogP contribution in [-0.2, 0) is 14.8 Å². The van der Waals surface area contributed by atoms with E-state index in [2.05, 4.69) is 5.32 Å². The van der Waals surface area contributed by atoms with Crippen LogP contribution in [-0.4, -0.2) is 20.6 Å². The van der Waals surface area contributed by atoms with Crippen molar-refractivity contribution in [2.45, 2.75) is 38.7 Å². The average molecular weight is 314 g/mol. The lowest BCUT2D eigenvalue weighted by molar-refractivity contribution is 0.0516. The Labute approximate surface area is 125 Å². The quantitative estimate of drug-likeness (QED) is 0.872. The minimum atomic E-state index is -3.73. The van der Waals surface area contributed by atoms with Gasteiger partial charge in [-0.3, -0.25) is 5.32 Å². The van der Waals surface area contributed by atoms with Crippen LogP contribution in [0.15, 0.2) is 29.2 Å². The first-order valence-electron chi connectivity index (χ1n) is 6.71. The highest BCUT2D eigenvalue weighted by molar-refractivity contribution is 7.89. The van der Waals surface area contributed by atoms with Crippen molar-refractivity contribution in [2.24, 2.45) is 17.0 Å². The molecule has 0 aromatic heterocycles. The molecule has 118 valence electrons. The van der Waals surface area contributed by atoms with E-state index in [1.165, 1.54) is 24.3 Å². The second-order valence-electron chi connectivity index (χ2n) is 5.55. The van der Waals surface area contributed by atoms with Gasteiger partial charge < -0.3 is 4.74 Å². The number of carbonyl (C=O) groups excluding carboxylic acids is 1. The molecule has 0 spiro atoms. The van der Waals surface area contributed by atoms with Gasteiger partial charge in [-0.05, 0) is 36.1 Å². The molecule has 0 saturated heterocycles. The molecule has 21 heavy (non-hydrogen) atoms. The van der Waals surface area contributed by atoms with E-state index in [0.717, 1.165) is 0 Å². The van der Waals surface area contributed by atoms with Crippen LogP contribution in [0.1, 0.15) is 27.7 Å². The summed E-state index contributed by atoms with van der Waals surface area (Å²) < 4.78 is 27.6. The van der Waals surface area contributed by atoms with Crippen molar-refractivity contribution >= 4 is 21.8 Å². The molecule has 0 aliphatic carbocycles. The third-order valence-electron chi connectivity index (χ3n) is 2.99. The van der Waals surface area contributed by atoms with Gasteiger partial charge in [0.15, 0.2) is 0 Å². The molecule has 1 amide bonds. The maximum Gasteiger partial charge on any atom is 0.411 e. The van der Waals surface area contributed by atoms with Gasteiger partial charge >= 0.3 is 6.09 Å². The SMILES string of the molecule is CC(C)C(OC(=O)Nc1ccc(S(N)(=O)=O)cc1)C(C)C. The van der Waals surface area contributed by atoms with E-state index in [4.69, 9.17) is 9.88 Å². The fourth-order valence-electron chi connectivity index (χ4n) is 2.04. The summed E-state index contributed by atoms with van der Waals surface area (Å²) >= 11 is 0. The minimum absolute atomic E-state index is 0.0105. The van der Waals surface area contributed by atoms with Gasteiger partial charge in [-0.2, -0.15) is 0 Å². The lowest BCUT2D eigenvalue weighted by atomic mass is 9.96. The van der Waals surface area contributed by atoms with Crippen LogP contribution in [0.3, 0.4) is 0 Å². The zero-order valence-corrected chi connectivity index (χ0v) is 13.5. The summed E-state index contributed by atoms with van der Waals surface area (Å²) in [6.07, 6.45) is -0.751. The summed E-state index contributed by atoms with van der Waals surface area (Å²) in [4.78, 5) is 11.8. The van der Waals surface area contributed by atoms with Crippen molar-refractivity contribution < 1.29 is 17.9 Å². The number of amides is 1. The maximum absolute atomic E-state index is 11.8. The molecule has 6 nitrogen and oxygen atoms in total. The van der Waals surface area contributed by atoms with Crippen LogP contribution in [0.4, 0.5) is 10.5 Å². The molecule has 1 aromatic carbocycles. The third kappa shape index (κ3) is 5.35. The van der Waals surface area contributed by atoms with Crippen LogP contribution < -0.4 is 10.5 Å². The van der Waals surface area contributed by atoms with E-state index < -0.39 is 16.1 Å². The van der Waals surface area contributed by atoms with Gasteiger partial charge in [0, 0.05) is 5.69 Å². The van der Waals surface area contributed by atoms with Crippen molar-refractivity contribution in [3.63, 3.8) is 0 Å². The number of hydrogen-bond acceptors (Lipinski definition) is 4. The van der Waals surface area contributed by atoms with E-state index in [-0.39, 0.29) is 22.8 Å². The van der Waals surface area contributed by atoms with Crippen molar-refractivity contribution in [2.75, 3.05) is 5.32 Å². The zero-order valence-electron chi connectivity index (χ0n) is 12.7. The molecule has 0 saturated carbocycles. The maximum atomic E-state index is 11.8. The van der Waals surface area contributed by atoms with Crippen molar-refractivity contribution in [3.05, 3.63) is 24.3 Å². The summed E-state index contributed by atoms with van der Waals surface area (Å²) in [5, 5.41) is 7.56. The zero-order chi connectivity index (χ0) is 16.2. The molecule has 7 heteroatoms. The lowest BCUT2D eigenvalue weighted by Crippen LogP contribution is -2.30. The molecular formula is C14H22N2O4S. The number of rotatable bonds is 5. The van der Waals surface area contributed by atoms with Crippen LogP contribution in [0.25, 0.3) is 0 Å². The van der Waals surface area contributed by atoms with Gasteiger partial charge in [0.25, 0.3) is 0 Å². The van der Waals surface area contributed by atoms with Crippen LogP contribution in [0.5, 0.6) is 0 Å². The number of nitrogens with two attached hydrogens (primary N) is 1. The molecule has 0 heterocycles. The molecule has 0 aliphatic rings. The fraction of sp³-hybridized carbons (Fsp3) is 0.500. The van der Waals surface area contributed by atoms with E-state index in [0.29, 0.717) is 5.69 Å². The number of anilines is 1. The lowest BCUT2D eigenvalue weighted by Gasteiger charge is -2.24. The molecule has 0 fully saturated rings. The minimum Gasteiger partial charge on any atom is -0.445 e. The Bertz CT molecular complexity index is 571. The summed E-state index contributed by atoms with van der Waals surface area (Å²) in [6.45, 7) is 7.94. The van der Waals surface area contributed by atoms with E-state index in [1.807, 2.05) is 27.7 Å². The van der Waals surface area contributed by atoms with Gasteiger partial charge in [-0.25, -0.2) is 18.4 Å². The first-order valence-corrected chi connectivity index (χ1v) is 8.26. The standard InChI is InChI=1S/C14H22N2O4S/c1-9(2)13(10(3)4)20-14(17)16-11-5-7-12(8-6-11)21(15,18)19/h5-10,13H,1-4H3,(H,16,17)(H2,15,18,19). The average Bonchev–Trinajstić information content (AvgIpc) is 2.34. The summed E-state index contributed by atoms with van der Waals surface area (Å²) in [5.74, 6) is 0.418. The number of benzene rings is 1. The Morgan fingerprint density at radius 3 is 1.95 bits per heavy atom. The van der Waals surface area contributed by atoms with E-state index in [1.54, 1.807) is 0 Å². The normalized spacial score (nSPS) is 12.0. The predicted octanol–water partition coefficient (Wildman–Crippen LogP) is 2.56. The number of carbonyl (C=O) groups is 1. The molecule has 1 rings (SSSR count). The van der Waals surface area contributed by atoms with E-state index in [9.17, 15) is 13.2 Å². The molecule has 0 radical (unpaired) electrons. The summed E-state index contributed by atoms with van der Waals surface area (Å²) in [6, 6.07) is 5.57. The van der Waals surface area contributed by atoms with Gasteiger partial charge in [-0.1, -0.05) is 27.7 Å². The monoisotopic (exact) mass is 314 g/mol. The first-order chi connectivity index (χ1) is 9.61. The second-order valence-corrected chi connectivity index (χ2v) is 7.11. The molecule has 1 aromatic rings.